The fourth-order valence-electron chi connectivity index (χ4n) is 4.08. The quantitative estimate of drug-likeness (QED) is 0.320. The summed E-state index contributed by atoms with van der Waals surface area (Å²) in [6.45, 7) is 9.33. The molecule has 1 N–H and O–H groups in total. The Kier molecular flexibility index (Phi) is 9.85. The number of unbranched alkanes of at least 4 members (excludes halogenated alkanes) is 4. The van der Waals surface area contributed by atoms with E-state index in [2.05, 4.69) is 88.1 Å². The molecule has 2 aromatic rings. The maximum atomic E-state index is 10.2. The summed E-state index contributed by atoms with van der Waals surface area (Å²) in [4.78, 5) is 0. The maximum Gasteiger partial charge on any atom is 0.262 e. The molecule has 162 valence electrons. The molecule has 0 spiro atoms. The Hall–Kier alpha value is -1.86. The van der Waals surface area contributed by atoms with Crippen LogP contribution in [-0.4, -0.2) is 26.1 Å². The molecule has 3 heteroatoms. The highest BCUT2D eigenvalue weighted by Gasteiger charge is 2.49. The van der Waals surface area contributed by atoms with Crippen LogP contribution in [0.2, 0.25) is 5.04 Å². The Balaban J connectivity index is 2.16. The Morgan fingerprint density at radius 3 is 1.90 bits per heavy atom. The van der Waals surface area contributed by atoms with Crippen molar-refractivity contribution in [3.8, 4) is 11.8 Å². The highest BCUT2D eigenvalue weighted by atomic mass is 28.4. The second-order valence-corrected chi connectivity index (χ2v) is 13.3. The van der Waals surface area contributed by atoms with E-state index in [4.69, 9.17) is 4.43 Å². The zero-order valence-electron chi connectivity index (χ0n) is 19.2. The molecule has 1 atom stereocenters. The molecule has 0 unspecified atom stereocenters. The average molecular weight is 423 g/mol. The van der Waals surface area contributed by atoms with Crippen LogP contribution >= 0.6 is 0 Å². The highest BCUT2D eigenvalue weighted by Crippen LogP contribution is 2.36. The molecule has 0 amide bonds. The molecular formula is C27H38O2Si. The standard InChI is InChI=1S/C27H38O2Si/c1-5-6-7-8-11-17-24(28)18-16-23-29-30(27(2,3)4,25-19-12-9-13-20-25)26-21-14-10-15-22-26/h9-10,12-15,19-22,24,28H,5-8,11,17,23H2,1-4H3/t24-/m1/s1. The first-order valence-corrected chi connectivity index (χ1v) is 13.2. The van der Waals surface area contributed by atoms with Gasteiger partial charge in [0.1, 0.15) is 6.10 Å². The molecule has 2 rings (SSSR count). The van der Waals surface area contributed by atoms with E-state index in [1.165, 1.54) is 36.1 Å². The summed E-state index contributed by atoms with van der Waals surface area (Å²) in [7, 11) is -2.55. The zero-order chi connectivity index (χ0) is 21.9. The van der Waals surface area contributed by atoms with Crippen molar-refractivity contribution in [2.45, 2.75) is 77.4 Å². The number of aliphatic hydroxyl groups is 1. The van der Waals surface area contributed by atoms with Crippen molar-refractivity contribution in [3.05, 3.63) is 60.7 Å². The van der Waals surface area contributed by atoms with Gasteiger partial charge in [0.05, 0.1) is 6.61 Å². The minimum Gasteiger partial charge on any atom is -0.396 e. The molecular weight excluding hydrogens is 384 g/mol. The lowest BCUT2D eigenvalue weighted by molar-refractivity contribution is 0.216. The van der Waals surface area contributed by atoms with Gasteiger partial charge in [0.25, 0.3) is 8.32 Å². The van der Waals surface area contributed by atoms with Crippen LogP contribution in [0.25, 0.3) is 0 Å². The minimum atomic E-state index is -2.55. The van der Waals surface area contributed by atoms with Gasteiger partial charge in [0.2, 0.25) is 0 Å². The van der Waals surface area contributed by atoms with Crippen molar-refractivity contribution in [1.29, 1.82) is 0 Å². The van der Waals surface area contributed by atoms with E-state index >= 15 is 0 Å². The van der Waals surface area contributed by atoms with Gasteiger partial charge in [0, 0.05) is 0 Å². The van der Waals surface area contributed by atoms with E-state index in [0.29, 0.717) is 6.61 Å². The van der Waals surface area contributed by atoms with Gasteiger partial charge in [-0.1, -0.05) is 126 Å². The summed E-state index contributed by atoms with van der Waals surface area (Å²) in [5.41, 5.74) is 0. The molecule has 0 aromatic heterocycles. The van der Waals surface area contributed by atoms with Gasteiger partial charge in [-0.2, -0.15) is 0 Å². The highest BCUT2D eigenvalue weighted by molar-refractivity contribution is 6.99. The van der Waals surface area contributed by atoms with Crippen LogP contribution in [0.4, 0.5) is 0 Å². The summed E-state index contributed by atoms with van der Waals surface area (Å²) in [6.07, 6.45) is 6.14. The number of benzene rings is 2. The molecule has 0 saturated heterocycles. The number of hydrogen-bond donors (Lipinski definition) is 1. The molecule has 0 heterocycles. The second-order valence-electron chi connectivity index (χ2n) is 8.99. The monoisotopic (exact) mass is 422 g/mol. The van der Waals surface area contributed by atoms with Gasteiger partial charge in [-0.05, 0) is 28.3 Å². The van der Waals surface area contributed by atoms with Gasteiger partial charge in [-0.25, -0.2) is 0 Å². The van der Waals surface area contributed by atoms with Crippen molar-refractivity contribution >= 4 is 18.7 Å². The summed E-state index contributed by atoms with van der Waals surface area (Å²) in [6, 6.07) is 21.2. The molecule has 0 aliphatic rings. The van der Waals surface area contributed by atoms with Crippen molar-refractivity contribution in [1.82, 2.24) is 0 Å². The first-order valence-electron chi connectivity index (χ1n) is 11.3. The third kappa shape index (κ3) is 6.57. The van der Waals surface area contributed by atoms with Gasteiger partial charge in [-0.3, -0.25) is 0 Å². The van der Waals surface area contributed by atoms with E-state index in [-0.39, 0.29) is 5.04 Å². The van der Waals surface area contributed by atoms with E-state index in [1.807, 2.05) is 12.1 Å². The van der Waals surface area contributed by atoms with Crippen molar-refractivity contribution in [2.75, 3.05) is 6.61 Å². The van der Waals surface area contributed by atoms with Crippen LogP contribution in [0, 0.1) is 11.8 Å². The summed E-state index contributed by atoms with van der Waals surface area (Å²) in [5.74, 6) is 6.12. The molecule has 0 fully saturated rings. The Bertz CT molecular complexity index is 745. The molecule has 2 nitrogen and oxygen atoms in total. The topological polar surface area (TPSA) is 29.5 Å². The van der Waals surface area contributed by atoms with Crippen LogP contribution in [0.5, 0.6) is 0 Å². The Morgan fingerprint density at radius 2 is 1.40 bits per heavy atom. The Morgan fingerprint density at radius 1 is 0.867 bits per heavy atom. The lowest BCUT2D eigenvalue weighted by Crippen LogP contribution is -2.66. The summed E-state index contributed by atoms with van der Waals surface area (Å²) in [5, 5.41) is 12.7. The van der Waals surface area contributed by atoms with Gasteiger partial charge in [0.15, 0.2) is 0 Å². The largest absolute Gasteiger partial charge is 0.396 e. The van der Waals surface area contributed by atoms with Crippen LogP contribution < -0.4 is 10.4 Å². The molecule has 0 bridgehead atoms. The molecule has 0 saturated carbocycles. The first-order chi connectivity index (χ1) is 14.4. The van der Waals surface area contributed by atoms with Gasteiger partial charge < -0.3 is 9.53 Å². The van der Waals surface area contributed by atoms with Crippen LogP contribution in [-0.2, 0) is 4.43 Å². The fourth-order valence-corrected chi connectivity index (χ4v) is 8.52. The van der Waals surface area contributed by atoms with E-state index in [9.17, 15) is 5.11 Å². The first kappa shape index (κ1) is 24.4. The predicted molar refractivity (Wildman–Crippen MR) is 131 cm³/mol. The molecule has 0 aliphatic heterocycles. The Labute approximate surface area is 184 Å². The third-order valence-electron chi connectivity index (χ3n) is 5.63. The van der Waals surface area contributed by atoms with Crippen LogP contribution in [0.3, 0.4) is 0 Å². The van der Waals surface area contributed by atoms with E-state index in [0.717, 1.165) is 12.8 Å². The van der Waals surface area contributed by atoms with Crippen molar-refractivity contribution in [2.24, 2.45) is 0 Å². The lowest BCUT2D eigenvalue weighted by atomic mass is 10.1. The summed E-state index contributed by atoms with van der Waals surface area (Å²) < 4.78 is 6.73. The van der Waals surface area contributed by atoms with Crippen molar-refractivity contribution < 1.29 is 9.53 Å². The molecule has 0 aliphatic carbocycles. The SMILES string of the molecule is CCCCCCC[C@@H](O)C#CCO[Si](c1ccccc1)(c1ccccc1)C(C)(C)C. The molecule has 0 radical (unpaired) electrons. The van der Waals surface area contributed by atoms with E-state index in [1.54, 1.807) is 0 Å². The molecule has 2 aromatic carbocycles. The van der Waals surface area contributed by atoms with Crippen molar-refractivity contribution in [3.63, 3.8) is 0 Å². The second kappa shape index (κ2) is 12.1. The maximum absolute atomic E-state index is 10.2. The smallest absolute Gasteiger partial charge is 0.262 e. The number of aliphatic hydroxyl groups excluding tert-OH is 1. The average Bonchev–Trinajstić information content (AvgIpc) is 2.74. The van der Waals surface area contributed by atoms with Crippen LogP contribution in [0.1, 0.15) is 66.2 Å². The van der Waals surface area contributed by atoms with Gasteiger partial charge >= 0.3 is 0 Å². The number of hydrogen-bond acceptors (Lipinski definition) is 2. The lowest BCUT2D eigenvalue weighted by Gasteiger charge is -2.42. The zero-order valence-corrected chi connectivity index (χ0v) is 20.2. The number of rotatable bonds is 10. The third-order valence-corrected chi connectivity index (χ3v) is 10.6. The summed E-state index contributed by atoms with van der Waals surface area (Å²) >= 11 is 0. The van der Waals surface area contributed by atoms with Crippen LogP contribution in [0.15, 0.2) is 60.7 Å². The fraction of sp³-hybridized carbons (Fsp3) is 0.481. The van der Waals surface area contributed by atoms with Gasteiger partial charge in [-0.15, -0.1) is 0 Å². The normalized spacial score (nSPS) is 12.8. The minimum absolute atomic E-state index is 0.0602. The van der Waals surface area contributed by atoms with E-state index < -0.39 is 14.4 Å². The molecule has 30 heavy (non-hydrogen) atoms. The predicted octanol–water partition coefficient (Wildman–Crippen LogP) is 5.29.